The van der Waals surface area contributed by atoms with Gasteiger partial charge in [-0.2, -0.15) is 0 Å². The second kappa shape index (κ2) is 9.33. The van der Waals surface area contributed by atoms with Gasteiger partial charge in [0.25, 0.3) is 0 Å². The van der Waals surface area contributed by atoms with Gasteiger partial charge in [-0.25, -0.2) is 4.98 Å². The van der Waals surface area contributed by atoms with Crippen LogP contribution in [0.5, 0.6) is 0 Å². The standard InChI is InChI=1S/C24H22N6O2S/c1-29(15-21-25-18-10-5-6-11-19(18)26-21)22(31)16-33-24-28-27-23(20-12-7-13-32-20)30(24)14-17-8-3-2-4-9-17/h2-13H,14-16H2,1H3,(H,25,26). The highest BCUT2D eigenvalue weighted by Gasteiger charge is 2.19. The minimum absolute atomic E-state index is 0.0192. The zero-order valence-electron chi connectivity index (χ0n) is 18.0. The molecule has 3 aromatic heterocycles. The van der Waals surface area contributed by atoms with E-state index in [1.54, 1.807) is 18.2 Å². The van der Waals surface area contributed by atoms with Crippen molar-refractivity contribution < 1.29 is 9.21 Å². The summed E-state index contributed by atoms with van der Waals surface area (Å²) >= 11 is 1.36. The van der Waals surface area contributed by atoms with Gasteiger partial charge in [0.05, 0.1) is 36.1 Å². The van der Waals surface area contributed by atoms with Crippen molar-refractivity contribution in [3.8, 4) is 11.6 Å². The molecular weight excluding hydrogens is 436 g/mol. The molecule has 0 saturated carbocycles. The topological polar surface area (TPSA) is 92.8 Å². The number of hydrogen-bond acceptors (Lipinski definition) is 6. The predicted octanol–water partition coefficient (Wildman–Crippen LogP) is 4.21. The van der Waals surface area contributed by atoms with Crippen LogP contribution in [0.3, 0.4) is 0 Å². The lowest BCUT2D eigenvalue weighted by atomic mass is 10.2. The number of nitrogens with zero attached hydrogens (tertiary/aromatic N) is 5. The average Bonchev–Trinajstić information content (AvgIpc) is 3.57. The Labute approximate surface area is 194 Å². The second-order valence-corrected chi connectivity index (χ2v) is 8.54. The largest absolute Gasteiger partial charge is 0.461 e. The van der Waals surface area contributed by atoms with Crippen LogP contribution in [0.15, 0.2) is 82.6 Å². The zero-order valence-corrected chi connectivity index (χ0v) is 18.8. The van der Waals surface area contributed by atoms with Crippen molar-refractivity contribution in [1.82, 2.24) is 29.6 Å². The Bertz CT molecular complexity index is 1330. The van der Waals surface area contributed by atoms with Crippen LogP contribution in [0.1, 0.15) is 11.4 Å². The number of furan rings is 1. The Hall–Kier alpha value is -3.85. The highest BCUT2D eigenvalue weighted by molar-refractivity contribution is 7.99. The fraction of sp³-hybridized carbons (Fsp3) is 0.167. The van der Waals surface area contributed by atoms with Crippen molar-refractivity contribution in [2.75, 3.05) is 12.8 Å². The summed E-state index contributed by atoms with van der Waals surface area (Å²) in [4.78, 5) is 22.3. The molecule has 33 heavy (non-hydrogen) atoms. The third-order valence-corrected chi connectivity index (χ3v) is 6.17. The molecule has 2 aromatic carbocycles. The molecule has 8 nitrogen and oxygen atoms in total. The third-order valence-electron chi connectivity index (χ3n) is 5.22. The number of nitrogens with one attached hydrogen (secondary N) is 1. The van der Waals surface area contributed by atoms with Gasteiger partial charge in [-0.15, -0.1) is 10.2 Å². The van der Waals surface area contributed by atoms with Crippen molar-refractivity contribution in [2.45, 2.75) is 18.2 Å². The van der Waals surface area contributed by atoms with Crippen molar-refractivity contribution in [2.24, 2.45) is 0 Å². The number of carbonyl (C=O) groups excluding carboxylic acids is 1. The summed E-state index contributed by atoms with van der Waals surface area (Å²) < 4.78 is 7.53. The molecule has 1 N–H and O–H groups in total. The zero-order chi connectivity index (χ0) is 22.6. The van der Waals surface area contributed by atoms with Gasteiger partial charge in [-0.1, -0.05) is 54.2 Å². The number of amides is 1. The molecule has 5 aromatic rings. The molecule has 9 heteroatoms. The normalized spacial score (nSPS) is 11.2. The highest BCUT2D eigenvalue weighted by Crippen LogP contribution is 2.26. The second-order valence-electron chi connectivity index (χ2n) is 7.59. The van der Waals surface area contributed by atoms with Gasteiger partial charge in [-0.05, 0) is 29.8 Å². The number of aromatic amines is 1. The molecule has 0 saturated heterocycles. The van der Waals surface area contributed by atoms with Gasteiger partial charge in [-0.3, -0.25) is 9.36 Å². The Kier molecular flexibility index (Phi) is 5.95. The van der Waals surface area contributed by atoms with E-state index in [0.717, 1.165) is 22.4 Å². The SMILES string of the molecule is CN(Cc1nc2ccccc2[nH]1)C(=O)CSc1nnc(-c2ccco2)n1Cc1ccccc1. The quantitative estimate of drug-likeness (QED) is 0.350. The maximum Gasteiger partial charge on any atom is 0.233 e. The molecule has 0 aliphatic carbocycles. The van der Waals surface area contributed by atoms with E-state index in [1.807, 2.05) is 71.3 Å². The van der Waals surface area contributed by atoms with E-state index in [-0.39, 0.29) is 11.7 Å². The lowest BCUT2D eigenvalue weighted by Crippen LogP contribution is -2.28. The average molecular weight is 459 g/mol. The number of imidazole rings is 1. The number of aromatic nitrogens is 5. The number of thioether (sulfide) groups is 1. The lowest BCUT2D eigenvalue weighted by molar-refractivity contribution is -0.127. The van der Waals surface area contributed by atoms with Crippen molar-refractivity contribution in [3.05, 3.63) is 84.4 Å². The minimum atomic E-state index is -0.0192. The molecule has 0 bridgehead atoms. The van der Waals surface area contributed by atoms with Gasteiger partial charge in [0.15, 0.2) is 10.9 Å². The number of benzene rings is 2. The summed E-state index contributed by atoms with van der Waals surface area (Å²) in [6, 6.07) is 21.6. The minimum Gasteiger partial charge on any atom is -0.461 e. The molecule has 166 valence electrons. The van der Waals surface area contributed by atoms with Crippen LogP contribution in [-0.2, 0) is 17.9 Å². The number of H-pyrrole nitrogens is 1. The molecule has 0 unspecified atom stereocenters. The maximum atomic E-state index is 12.8. The predicted molar refractivity (Wildman–Crippen MR) is 127 cm³/mol. The van der Waals surface area contributed by atoms with E-state index in [4.69, 9.17) is 4.42 Å². The first-order valence-electron chi connectivity index (χ1n) is 10.5. The summed E-state index contributed by atoms with van der Waals surface area (Å²) in [5.41, 5.74) is 2.96. The first-order chi connectivity index (χ1) is 16.2. The van der Waals surface area contributed by atoms with Crippen LogP contribution in [0.4, 0.5) is 0 Å². The third kappa shape index (κ3) is 4.68. The van der Waals surface area contributed by atoms with Gasteiger partial charge in [0.1, 0.15) is 5.82 Å². The van der Waals surface area contributed by atoms with E-state index in [9.17, 15) is 4.79 Å². The number of fused-ring (bicyclic) bond motifs is 1. The van der Waals surface area contributed by atoms with Crippen LogP contribution in [0.2, 0.25) is 0 Å². The van der Waals surface area contributed by atoms with E-state index >= 15 is 0 Å². The van der Waals surface area contributed by atoms with Gasteiger partial charge < -0.3 is 14.3 Å². The molecule has 0 fully saturated rings. The van der Waals surface area contributed by atoms with E-state index in [2.05, 4.69) is 20.2 Å². The van der Waals surface area contributed by atoms with Gasteiger partial charge >= 0.3 is 0 Å². The van der Waals surface area contributed by atoms with Crippen molar-refractivity contribution >= 4 is 28.7 Å². The van der Waals surface area contributed by atoms with Crippen molar-refractivity contribution in [1.29, 1.82) is 0 Å². The summed E-state index contributed by atoms with van der Waals surface area (Å²) in [7, 11) is 1.78. The highest BCUT2D eigenvalue weighted by atomic mass is 32.2. The Balaban J connectivity index is 1.29. The Morgan fingerprint density at radius 2 is 1.88 bits per heavy atom. The number of carbonyl (C=O) groups is 1. The Morgan fingerprint density at radius 3 is 2.67 bits per heavy atom. The van der Waals surface area contributed by atoms with Crippen LogP contribution in [0.25, 0.3) is 22.6 Å². The summed E-state index contributed by atoms with van der Waals surface area (Å²) in [6.45, 7) is 0.984. The molecule has 0 atom stereocenters. The van der Waals surface area contributed by atoms with Gasteiger partial charge in [0.2, 0.25) is 11.7 Å². The number of rotatable bonds is 8. The van der Waals surface area contributed by atoms with Crippen LogP contribution < -0.4 is 0 Å². The fourth-order valence-corrected chi connectivity index (χ4v) is 4.40. The first kappa shape index (κ1) is 21.0. The Morgan fingerprint density at radius 1 is 1.06 bits per heavy atom. The monoisotopic (exact) mass is 458 g/mol. The molecular formula is C24H22N6O2S. The molecule has 0 aliphatic heterocycles. The molecule has 5 rings (SSSR count). The van der Waals surface area contributed by atoms with E-state index in [0.29, 0.717) is 29.8 Å². The molecule has 1 amide bonds. The summed E-state index contributed by atoms with van der Waals surface area (Å²) in [6.07, 6.45) is 1.61. The number of hydrogen-bond donors (Lipinski definition) is 1. The fourth-order valence-electron chi connectivity index (χ4n) is 3.52. The van der Waals surface area contributed by atoms with Crippen LogP contribution in [-0.4, -0.2) is 48.3 Å². The van der Waals surface area contributed by atoms with Crippen molar-refractivity contribution in [3.63, 3.8) is 0 Å². The molecule has 3 heterocycles. The van der Waals surface area contributed by atoms with Gasteiger partial charge in [0, 0.05) is 7.05 Å². The molecule has 0 aliphatic rings. The lowest BCUT2D eigenvalue weighted by Gasteiger charge is -2.15. The molecule has 0 radical (unpaired) electrons. The van der Waals surface area contributed by atoms with Crippen LogP contribution in [0, 0.1) is 0 Å². The van der Waals surface area contributed by atoms with E-state index < -0.39 is 0 Å². The smallest absolute Gasteiger partial charge is 0.233 e. The van der Waals surface area contributed by atoms with Crippen LogP contribution >= 0.6 is 11.8 Å². The molecule has 0 spiro atoms. The summed E-state index contributed by atoms with van der Waals surface area (Å²) in [5, 5.41) is 9.33. The number of para-hydroxylation sites is 2. The first-order valence-corrected chi connectivity index (χ1v) is 11.5. The summed E-state index contributed by atoms with van der Waals surface area (Å²) in [5.74, 6) is 2.24. The maximum absolute atomic E-state index is 12.8. The van der Waals surface area contributed by atoms with E-state index in [1.165, 1.54) is 11.8 Å².